The Bertz CT molecular complexity index is 1380. The van der Waals surface area contributed by atoms with Crippen LogP contribution in [0.25, 0.3) is 10.9 Å². The van der Waals surface area contributed by atoms with E-state index in [9.17, 15) is 14.9 Å². The second-order valence-corrected chi connectivity index (χ2v) is 9.88. The molecule has 198 valence electrons. The normalized spacial score (nSPS) is 18.9. The molecule has 38 heavy (non-hydrogen) atoms. The van der Waals surface area contributed by atoms with Gasteiger partial charge in [-0.15, -0.1) is 0 Å². The molecular weight excluding hydrogens is 487 g/mol. The quantitative estimate of drug-likeness (QED) is 0.457. The lowest BCUT2D eigenvalue weighted by molar-refractivity contribution is -0.148. The molecule has 2 atom stereocenters. The number of nitriles is 1. The summed E-state index contributed by atoms with van der Waals surface area (Å²) in [5, 5.41) is 13.3. The first-order valence-corrected chi connectivity index (χ1v) is 13.1. The van der Waals surface area contributed by atoms with Gasteiger partial charge in [-0.3, -0.25) is 4.79 Å². The highest BCUT2D eigenvalue weighted by molar-refractivity contribution is 6.00. The second kappa shape index (κ2) is 11.1. The fourth-order valence-electron chi connectivity index (χ4n) is 5.65. The Kier molecular flexibility index (Phi) is 7.50. The molecule has 8 nitrogen and oxygen atoms in total. The van der Waals surface area contributed by atoms with Gasteiger partial charge < -0.3 is 24.7 Å². The number of benzene rings is 2. The number of esters is 1. The summed E-state index contributed by atoms with van der Waals surface area (Å²) in [6, 6.07) is 12.6. The zero-order valence-electron chi connectivity index (χ0n) is 21.4. The molecule has 1 fully saturated rings. The summed E-state index contributed by atoms with van der Waals surface area (Å²) in [4.78, 5) is 30.1. The molecule has 9 heteroatoms. The Morgan fingerprint density at radius 2 is 2.05 bits per heavy atom. The lowest BCUT2D eigenvalue weighted by Gasteiger charge is -2.35. The van der Waals surface area contributed by atoms with Crippen LogP contribution in [-0.4, -0.2) is 42.8 Å². The number of nitrogens with one attached hydrogen (secondary N) is 2. The van der Waals surface area contributed by atoms with Gasteiger partial charge in [0.05, 0.1) is 29.3 Å². The zero-order chi connectivity index (χ0) is 26.6. The molecular formula is C29H31FN4O4. The fourth-order valence-corrected chi connectivity index (χ4v) is 5.65. The minimum atomic E-state index is -0.504. The van der Waals surface area contributed by atoms with Crippen LogP contribution >= 0.6 is 0 Å². The number of halogens is 1. The van der Waals surface area contributed by atoms with Crippen molar-refractivity contribution in [3.63, 3.8) is 0 Å². The number of fused-ring (bicyclic) bond motifs is 3. The molecule has 1 amide bonds. The van der Waals surface area contributed by atoms with E-state index >= 15 is 4.39 Å². The van der Waals surface area contributed by atoms with E-state index in [0.29, 0.717) is 55.5 Å². The Labute approximate surface area is 220 Å². The Balaban J connectivity index is 1.38. The first-order valence-electron chi connectivity index (χ1n) is 13.1. The van der Waals surface area contributed by atoms with Gasteiger partial charge in [0, 0.05) is 36.6 Å². The first kappa shape index (κ1) is 25.6. The van der Waals surface area contributed by atoms with Crippen LogP contribution in [-0.2, 0) is 33.7 Å². The van der Waals surface area contributed by atoms with E-state index < -0.39 is 11.9 Å². The smallest absolute Gasteiger partial charge is 0.407 e. The van der Waals surface area contributed by atoms with Crippen molar-refractivity contribution in [2.75, 3.05) is 24.6 Å². The lowest BCUT2D eigenvalue weighted by atomic mass is 9.86. The maximum Gasteiger partial charge on any atom is 0.407 e. The van der Waals surface area contributed by atoms with Crippen molar-refractivity contribution in [1.82, 2.24) is 10.3 Å². The van der Waals surface area contributed by atoms with Crippen molar-refractivity contribution in [2.45, 2.75) is 51.7 Å². The van der Waals surface area contributed by atoms with Gasteiger partial charge >= 0.3 is 12.1 Å². The monoisotopic (exact) mass is 518 g/mol. The van der Waals surface area contributed by atoms with Crippen molar-refractivity contribution in [1.29, 1.82) is 5.26 Å². The van der Waals surface area contributed by atoms with E-state index in [0.717, 1.165) is 29.7 Å². The van der Waals surface area contributed by atoms with E-state index in [1.54, 1.807) is 6.92 Å². The Hall–Kier alpha value is -4.06. The number of rotatable bonds is 6. The highest BCUT2D eigenvalue weighted by atomic mass is 19.1. The summed E-state index contributed by atoms with van der Waals surface area (Å²) in [6.07, 6.45) is 2.67. The van der Waals surface area contributed by atoms with Crippen molar-refractivity contribution in [3.8, 4) is 6.07 Å². The number of hydrogen-bond acceptors (Lipinski definition) is 6. The van der Waals surface area contributed by atoms with Gasteiger partial charge in [0.2, 0.25) is 0 Å². The van der Waals surface area contributed by atoms with Crippen molar-refractivity contribution in [2.24, 2.45) is 5.92 Å². The molecule has 1 aromatic heterocycles. The number of ether oxygens (including phenoxy) is 2. The number of aryl methyl sites for hydroxylation is 1. The molecule has 5 rings (SSSR count). The van der Waals surface area contributed by atoms with Crippen molar-refractivity contribution in [3.05, 3.63) is 64.6 Å². The minimum Gasteiger partial charge on any atom is -0.466 e. The summed E-state index contributed by atoms with van der Waals surface area (Å²) in [5.41, 5.74) is 3.97. The van der Waals surface area contributed by atoms with Crippen molar-refractivity contribution < 1.29 is 23.5 Å². The van der Waals surface area contributed by atoms with Gasteiger partial charge in [0.15, 0.2) is 0 Å². The predicted molar refractivity (Wildman–Crippen MR) is 140 cm³/mol. The van der Waals surface area contributed by atoms with Crippen LogP contribution in [0.2, 0.25) is 0 Å². The SMILES string of the molecule is CCOC(=O)C1CCc2c([nH]c3c(C#N)cc(F)c(N4CCC[C@H](NC(=O)OCc5ccccc5)C4)c23)C1. The molecule has 1 aliphatic carbocycles. The molecule has 0 spiro atoms. The lowest BCUT2D eigenvalue weighted by Crippen LogP contribution is -2.48. The number of hydrogen-bond donors (Lipinski definition) is 2. The predicted octanol–water partition coefficient (Wildman–Crippen LogP) is 4.74. The molecule has 0 radical (unpaired) electrons. The standard InChI is InChI=1S/C29H31FN4O4/c1-2-37-28(35)19-10-11-22-24(14-19)33-26-20(15-31)13-23(30)27(25(22)26)34-12-6-9-21(16-34)32-29(36)38-17-18-7-4-3-5-8-18/h3-5,7-8,13,19,21,33H,2,6,9-12,14,16-17H2,1H3,(H,32,36)/t19?,21-/m0/s1. The summed E-state index contributed by atoms with van der Waals surface area (Å²) < 4.78 is 26.2. The number of piperidine rings is 1. The van der Waals surface area contributed by atoms with E-state index in [1.807, 2.05) is 35.2 Å². The van der Waals surface area contributed by atoms with E-state index in [-0.39, 0.29) is 30.1 Å². The van der Waals surface area contributed by atoms with Crippen LogP contribution in [0.3, 0.4) is 0 Å². The van der Waals surface area contributed by atoms with Gasteiger partial charge in [0.1, 0.15) is 18.5 Å². The van der Waals surface area contributed by atoms with E-state index in [2.05, 4.69) is 16.4 Å². The number of nitrogens with zero attached hydrogens (tertiary/aromatic N) is 2. The topological polar surface area (TPSA) is 107 Å². The third kappa shape index (κ3) is 5.17. The molecule has 1 unspecified atom stereocenters. The summed E-state index contributed by atoms with van der Waals surface area (Å²) in [5.74, 6) is -0.955. The number of aromatic amines is 1. The molecule has 2 heterocycles. The molecule has 2 N–H and O–H groups in total. The van der Waals surface area contributed by atoms with E-state index in [1.165, 1.54) is 6.07 Å². The molecule has 2 aliphatic rings. The van der Waals surface area contributed by atoms with E-state index in [4.69, 9.17) is 9.47 Å². The summed E-state index contributed by atoms with van der Waals surface area (Å²) >= 11 is 0. The summed E-state index contributed by atoms with van der Waals surface area (Å²) in [6.45, 7) is 3.33. The molecule has 1 saturated heterocycles. The minimum absolute atomic E-state index is 0.177. The maximum atomic E-state index is 15.6. The maximum absolute atomic E-state index is 15.6. The van der Waals surface area contributed by atoms with Gasteiger partial charge in [-0.2, -0.15) is 5.26 Å². The molecule has 1 aliphatic heterocycles. The average molecular weight is 519 g/mol. The molecule has 3 aromatic rings. The third-order valence-electron chi connectivity index (χ3n) is 7.40. The zero-order valence-corrected chi connectivity index (χ0v) is 21.4. The van der Waals surface area contributed by atoms with Crippen LogP contribution in [0.4, 0.5) is 14.9 Å². The van der Waals surface area contributed by atoms with Gasteiger partial charge in [0.25, 0.3) is 0 Å². The fraction of sp³-hybridized carbons (Fsp3) is 0.414. The average Bonchev–Trinajstić information content (AvgIpc) is 3.31. The number of H-pyrrole nitrogens is 1. The highest BCUT2D eigenvalue weighted by Crippen LogP contribution is 2.41. The number of carbonyl (C=O) groups excluding carboxylic acids is 2. The van der Waals surface area contributed by atoms with Gasteiger partial charge in [-0.05, 0) is 49.8 Å². The number of alkyl carbamates (subject to hydrolysis) is 1. The largest absolute Gasteiger partial charge is 0.466 e. The Morgan fingerprint density at radius 3 is 2.82 bits per heavy atom. The molecule has 0 saturated carbocycles. The summed E-state index contributed by atoms with van der Waals surface area (Å²) in [7, 11) is 0. The first-order chi connectivity index (χ1) is 18.5. The van der Waals surface area contributed by atoms with Crippen LogP contribution in [0.1, 0.15) is 48.6 Å². The number of aromatic nitrogens is 1. The Morgan fingerprint density at radius 1 is 1.24 bits per heavy atom. The van der Waals surface area contributed by atoms with Gasteiger partial charge in [-0.1, -0.05) is 30.3 Å². The molecule has 0 bridgehead atoms. The van der Waals surface area contributed by atoms with Crippen LogP contribution in [0.5, 0.6) is 0 Å². The van der Waals surface area contributed by atoms with Crippen LogP contribution in [0.15, 0.2) is 36.4 Å². The third-order valence-corrected chi connectivity index (χ3v) is 7.40. The van der Waals surface area contributed by atoms with Crippen LogP contribution in [0, 0.1) is 23.1 Å². The van der Waals surface area contributed by atoms with Gasteiger partial charge in [-0.25, -0.2) is 9.18 Å². The van der Waals surface area contributed by atoms with Crippen molar-refractivity contribution >= 4 is 28.7 Å². The number of carbonyl (C=O) groups is 2. The second-order valence-electron chi connectivity index (χ2n) is 9.88. The van der Waals surface area contributed by atoms with Crippen LogP contribution < -0.4 is 10.2 Å². The highest BCUT2D eigenvalue weighted by Gasteiger charge is 2.33. The number of anilines is 1. The number of amides is 1. The molecule has 2 aromatic carbocycles.